The van der Waals surface area contributed by atoms with E-state index in [1.54, 1.807) is 11.3 Å². The fourth-order valence-corrected chi connectivity index (χ4v) is 4.18. The van der Waals surface area contributed by atoms with Gasteiger partial charge >= 0.3 is 0 Å². The summed E-state index contributed by atoms with van der Waals surface area (Å²) < 4.78 is 0. The summed E-state index contributed by atoms with van der Waals surface area (Å²) in [6.45, 7) is 4.17. The molecule has 2 atom stereocenters. The number of hydrogen-bond acceptors (Lipinski definition) is 4. The molecule has 1 aliphatic heterocycles. The lowest BCUT2D eigenvalue weighted by molar-refractivity contribution is -0.123. The van der Waals surface area contributed by atoms with E-state index in [9.17, 15) is 9.90 Å². The summed E-state index contributed by atoms with van der Waals surface area (Å²) in [5.74, 6) is 0.342. The highest BCUT2D eigenvalue weighted by atomic mass is 32.1. The highest BCUT2D eigenvalue weighted by Crippen LogP contribution is 2.30. The maximum absolute atomic E-state index is 12.3. The zero-order valence-corrected chi connectivity index (χ0v) is 15.4. The number of carbonyl (C=O) groups excluding carboxylic acids is 1. The van der Waals surface area contributed by atoms with Crippen LogP contribution in [-0.4, -0.2) is 35.5 Å². The molecule has 5 heteroatoms. The van der Waals surface area contributed by atoms with Crippen LogP contribution in [0.2, 0.25) is 0 Å². The van der Waals surface area contributed by atoms with Crippen molar-refractivity contribution < 1.29 is 9.90 Å². The maximum atomic E-state index is 12.3. The van der Waals surface area contributed by atoms with Crippen molar-refractivity contribution in [1.82, 2.24) is 10.2 Å². The quantitative estimate of drug-likeness (QED) is 0.832. The highest BCUT2D eigenvalue weighted by molar-refractivity contribution is 7.10. The molecule has 2 aromatic rings. The highest BCUT2D eigenvalue weighted by Gasteiger charge is 2.27. The monoisotopic (exact) mass is 358 g/mol. The van der Waals surface area contributed by atoms with E-state index in [4.69, 9.17) is 0 Å². The summed E-state index contributed by atoms with van der Waals surface area (Å²) in [4.78, 5) is 15.6. The van der Waals surface area contributed by atoms with E-state index >= 15 is 0 Å². The van der Waals surface area contributed by atoms with Crippen LogP contribution in [-0.2, 0) is 4.79 Å². The van der Waals surface area contributed by atoms with Crippen molar-refractivity contribution in [2.45, 2.75) is 31.9 Å². The van der Waals surface area contributed by atoms with Crippen molar-refractivity contribution in [3.8, 4) is 0 Å². The fourth-order valence-electron chi connectivity index (χ4n) is 3.45. The number of rotatable bonds is 6. The van der Waals surface area contributed by atoms with Gasteiger partial charge in [-0.15, -0.1) is 11.3 Å². The maximum Gasteiger partial charge on any atom is 0.234 e. The summed E-state index contributed by atoms with van der Waals surface area (Å²) >= 11 is 1.66. The first-order valence-electron chi connectivity index (χ1n) is 8.91. The first-order chi connectivity index (χ1) is 12.1. The van der Waals surface area contributed by atoms with Crippen LogP contribution in [0.25, 0.3) is 0 Å². The Balaban J connectivity index is 1.44. The van der Waals surface area contributed by atoms with Crippen LogP contribution in [0.5, 0.6) is 0 Å². The minimum absolute atomic E-state index is 0.0601. The van der Waals surface area contributed by atoms with Crippen LogP contribution in [0.4, 0.5) is 0 Å². The molecule has 0 radical (unpaired) electrons. The molecule has 1 aliphatic rings. The third kappa shape index (κ3) is 4.91. The van der Waals surface area contributed by atoms with Crippen LogP contribution < -0.4 is 5.32 Å². The van der Waals surface area contributed by atoms with Gasteiger partial charge in [-0.3, -0.25) is 9.69 Å². The molecule has 2 N–H and O–H groups in total. The Morgan fingerprint density at radius 2 is 1.96 bits per heavy atom. The zero-order valence-electron chi connectivity index (χ0n) is 14.6. The molecule has 0 aliphatic carbocycles. The van der Waals surface area contributed by atoms with Crippen molar-refractivity contribution in [2.24, 2.45) is 5.92 Å². The number of hydrogen-bond donors (Lipinski definition) is 2. The van der Waals surface area contributed by atoms with E-state index in [1.165, 1.54) is 4.88 Å². The SMILES string of the molecule is CC(NC(=O)CN1CCC(C(O)c2ccccc2)CC1)c1cccs1. The van der Waals surface area contributed by atoms with Crippen molar-refractivity contribution in [3.05, 3.63) is 58.3 Å². The summed E-state index contributed by atoms with van der Waals surface area (Å²) in [6.07, 6.45) is 1.43. The molecule has 2 heterocycles. The number of nitrogens with zero attached hydrogens (tertiary/aromatic N) is 1. The number of benzene rings is 1. The Hall–Kier alpha value is -1.69. The fraction of sp³-hybridized carbons (Fsp3) is 0.450. The van der Waals surface area contributed by atoms with Crippen LogP contribution in [0.1, 0.15) is 42.4 Å². The van der Waals surface area contributed by atoms with Crippen LogP contribution >= 0.6 is 11.3 Å². The minimum atomic E-state index is -0.406. The van der Waals surface area contributed by atoms with E-state index in [1.807, 2.05) is 54.8 Å². The second kappa shape index (κ2) is 8.61. The molecule has 2 unspecified atom stereocenters. The molecule has 134 valence electrons. The summed E-state index contributed by atoms with van der Waals surface area (Å²) in [7, 11) is 0. The third-order valence-electron chi connectivity index (χ3n) is 4.93. The molecule has 4 nitrogen and oxygen atoms in total. The van der Waals surface area contributed by atoms with Gasteiger partial charge in [-0.1, -0.05) is 36.4 Å². The number of thiophene rings is 1. The van der Waals surface area contributed by atoms with Gasteiger partial charge in [0.05, 0.1) is 18.7 Å². The van der Waals surface area contributed by atoms with E-state index in [0.29, 0.717) is 6.54 Å². The number of aliphatic hydroxyl groups is 1. The number of piperidine rings is 1. The Labute approximate surface area is 153 Å². The molecule has 1 amide bonds. The van der Waals surface area contributed by atoms with Crippen molar-refractivity contribution in [1.29, 1.82) is 0 Å². The van der Waals surface area contributed by atoms with Gasteiger partial charge in [0.15, 0.2) is 0 Å². The second-order valence-electron chi connectivity index (χ2n) is 6.77. The van der Waals surface area contributed by atoms with Crippen molar-refractivity contribution in [2.75, 3.05) is 19.6 Å². The van der Waals surface area contributed by atoms with Gasteiger partial charge in [-0.25, -0.2) is 0 Å². The summed E-state index contributed by atoms with van der Waals surface area (Å²) in [5, 5.41) is 15.6. The lowest BCUT2D eigenvalue weighted by atomic mass is 9.87. The summed E-state index contributed by atoms with van der Waals surface area (Å²) in [6, 6.07) is 14.0. The first-order valence-corrected chi connectivity index (χ1v) is 9.79. The average Bonchev–Trinajstić information content (AvgIpc) is 3.17. The molecule has 0 bridgehead atoms. The van der Waals surface area contributed by atoms with Gasteiger partial charge in [0, 0.05) is 4.88 Å². The zero-order chi connectivity index (χ0) is 17.6. The largest absolute Gasteiger partial charge is 0.388 e. The van der Waals surface area contributed by atoms with E-state index in [2.05, 4.69) is 10.2 Å². The lowest BCUT2D eigenvalue weighted by Crippen LogP contribution is -2.42. The van der Waals surface area contributed by atoms with Crippen molar-refractivity contribution in [3.63, 3.8) is 0 Å². The number of carbonyl (C=O) groups is 1. The molecule has 25 heavy (non-hydrogen) atoms. The Morgan fingerprint density at radius 1 is 1.24 bits per heavy atom. The van der Waals surface area contributed by atoms with Gasteiger partial charge in [-0.05, 0) is 55.8 Å². The normalized spacial score (nSPS) is 18.6. The molecular formula is C20H26N2O2S. The molecule has 3 rings (SSSR count). The number of likely N-dealkylation sites (tertiary alicyclic amines) is 1. The number of nitrogens with one attached hydrogen (secondary N) is 1. The second-order valence-corrected chi connectivity index (χ2v) is 7.75. The minimum Gasteiger partial charge on any atom is -0.388 e. The molecule has 1 aromatic heterocycles. The van der Waals surface area contributed by atoms with Crippen LogP contribution in [0.15, 0.2) is 47.8 Å². The average molecular weight is 359 g/mol. The standard InChI is InChI=1S/C20H26N2O2S/c1-15(18-8-5-13-25-18)21-19(23)14-22-11-9-17(10-12-22)20(24)16-6-3-2-4-7-16/h2-8,13,15,17,20,24H,9-12,14H2,1H3,(H,21,23). The summed E-state index contributed by atoms with van der Waals surface area (Å²) in [5.41, 5.74) is 0.989. The predicted octanol–water partition coefficient (Wildman–Crippen LogP) is 3.37. The van der Waals surface area contributed by atoms with Gasteiger partial charge < -0.3 is 10.4 Å². The van der Waals surface area contributed by atoms with Gasteiger partial charge in [0.1, 0.15) is 0 Å². The molecule has 1 fully saturated rings. The van der Waals surface area contributed by atoms with Gasteiger partial charge in [0.25, 0.3) is 0 Å². The van der Waals surface area contributed by atoms with Gasteiger partial charge in [-0.2, -0.15) is 0 Å². The smallest absolute Gasteiger partial charge is 0.234 e. The predicted molar refractivity (Wildman–Crippen MR) is 101 cm³/mol. The first kappa shape index (κ1) is 18.1. The molecular weight excluding hydrogens is 332 g/mol. The van der Waals surface area contributed by atoms with Crippen LogP contribution in [0.3, 0.4) is 0 Å². The van der Waals surface area contributed by atoms with Gasteiger partial charge in [0.2, 0.25) is 5.91 Å². The topological polar surface area (TPSA) is 52.6 Å². The molecule has 1 aromatic carbocycles. The number of amides is 1. The number of aliphatic hydroxyl groups excluding tert-OH is 1. The van der Waals surface area contributed by atoms with E-state index in [-0.39, 0.29) is 17.9 Å². The molecule has 0 saturated carbocycles. The van der Waals surface area contributed by atoms with Crippen LogP contribution in [0, 0.1) is 5.92 Å². The lowest BCUT2D eigenvalue weighted by Gasteiger charge is -2.34. The Bertz CT molecular complexity index is 652. The van der Waals surface area contributed by atoms with E-state index < -0.39 is 6.10 Å². The molecule has 0 spiro atoms. The van der Waals surface area contributed by atoms with E-state index in [0.717, 1.165) is 31.5 Å². The van der Waals surface area contributed by atoms with Crippen molar-refractivity contribution >= 4 is 17.2 Å². The Morgan fingerprint density at radius 3 is 2.60 bits per heavy atom. The Kier molecular flexibility index (Phi) is 6.24. The third-order valence-corrected chi connectivity index (χ3v) is 5.99. The molecule has 1 saturated heterocycles.